The van der Waals surface area contributed by atoms with Gasteiger partial charge >= 0.3 is 0 Å². The summed E-state index contributed by atoms with van der Waals surface area (Å²) in [6.45, 7) is 0. The van der Waals surface area contributed by atoms with Crippen LogP contribution < -0.4 is 5.73 Å². The first kappa shape index (κ1) is 11.8. The molecule has 3 aromatic rings. The van der Waals surface area contributed by atoms with Crippen molar-refractivity contribution in [2.45, 2.75) is 18.9 Å². The van der Waals surface area contributed by atoms with E-state index in [1.807, 2.05) is 24.3 Å². The number of nitrogens with zero attached hydrogens (tertiary/aromatic N) is 2. The lowest BCUT2D eigenvalue weighted by Crippen LogP contribution is -1.97. The van der Waals surface area contributed by atoms with Gasteiger partial charge in [-0.15, -0.1) is 0 Å². The van der Waals surface area contributed by atoms with Crippen LogP contribution in [0.25, 0.3) is 22.4 Å². The van der Waals surface area contributed by atoms with Gasteiger partial charge in [0.2, 0.25) is 0 Å². The van der Waals surface area contributed by atoms with Crippen molar-refractivity contribution in [1.82, 2.24) is 9.55 Å². The van der Waals surface area contributed by atoms with Gasteiger partial charge in [-0.25, -0.2) is 4.98 Å². The van der Waals surface area contributed by atoms with Gasteiger partial charge in [-0.2, -0.15) is 0 Å². The van der Waals surface area contributed by atoms with E-state index in [1.54, 1.807) is 0 Å². The molecule has 0 unspecified atom stereocenters. The summed E-state index contributed by atoms with van der Waals surface area (Å²) in [5.74, 6) is 0.982. The maximum atomic E-state index is 6.15. The summed E-state index contributed by atoms with van der Waals surface area (Å²) >= 11 is 6.15. The van der Waals surface area contributed by atoms with Crippen molar-refractivity contribution in [3.63, 3.8) is 0 Å². The number of benzene rings is 2. The van der Waals surface area contributed by atoms with Crippen molar-refractivity contribution in [2.24, 2.45) is 0 Å². The van der Waals surface area contributed by atoms with Crippen molar-refractivity contribution in [3.05, 3.63) is 47.5 Å². The molecule has 0 saturated heterocycles. The zero-order valence-electron chi connectivity index (χ0n) is 10.9. The van der Waals surface area contributed by atoms with E-state index in [-0.39, 0.29) is 0 Å². The molecule has 0 atom stereocenters. The number of rotatable bonds is 2. The number of hydrogen-bond donors (Lipinski definition) is 1. The number of imidazole rings is 1. The van der Waals surface area contributed by atoms with Gasteiger partial charge in [0, 0.05) is 11.6 Å². The molecule has 20 heavy (non-hydrogen) atoms. The van der Waals surface area contributed by atoms with E-state index in [1.165, 1.54) is 18.4 Å². The third kappa shape index (κ3) is 1.78. The van der Waals surface area contributed by atoms with Gasteiger partial charge in [0.1, 0.15) is 5.82 Å². The highest BCUT2D eigenvalue weighted by Crippen LogP contribution is 2.41. The minimum atomic E-state index is 0.564. The first-order chi connectivity index (χ1) is 9.74. The summed E-state index contributed by atoms with van der Waals surface area (Å²) in [5, 5.41) is 0.580. The first-order valence-corrected chi connectivity index (χ1v) is 7.14. The lowest BCUT2D eigenvalue weighted by molar-refractivity contribution is 0.775. The highest BCUT2D eigenvalue weighted by Gasteiger charge is 2.28. The molecule has 4 rings (SSSR count). The fourth-order valence-electron chi connectivity index (χ4n) is 2.62. The second-order valence-electron chi connectivity index (χ2n) is 5.26. The predicted molar refractivity (Wildman–Crippen MR) is 82.9 cm³/mol. The van der Waals surface area contributed by atoms with Gasteiger partial charge in [-0.1, -0.05) is 23.7 Å². The molecule has 3 nitrogen and oxygen atoms in total. The number of halogens is 1. The Balaban J connectivity index is 1.98. The Morgan fingerprint density at radius 1 is 1.15 bits per heavy atom. The van der Waals surface area contributed by atoms with Gasteiger partial charge in [-0.05, 0) is 43.2 Å². The van der Waals surface area contributed by atoms with Gasteiger partial charge in [-0.3, -0.25) is 0 Å². The molecule has 0 aliphatic heterocycles. The van der Waals surface area contributed by atoms with Crippen LogP contribution in [0, 0.1) is 0 Å². The molecule has 0 spiro atoms. The molecule has 1 aliphatic rings. The average molecular weight is 284 g/mol. The molecular formula is C16H14ClN3. The van der Waals surface area contributed by atoms with Gasteiger partial charge < -0.3 is 10.3 Å². The van der Waals surface area contributed by atoms with Crippen molar-refractivity contribution >= 4 is 28.3 Å². The van der Waals surface area contributed by atoms with Crippen molar-refractivity contribution in [2.75, 3.05) is 5.73 Å². The molecule has 1 fully saturated rings. The molecule has 1 saturated carbocycles. The molecule has 1 heterocycles. The maximum absolute atomic E-state index is 6.15. The summed E-state index contributed by atoms with van der Waals surface area (Å²) in [6, 6.07) is 14.6. The van der Waals surface area contributed by atoms with E-state index in [9.17, 15) is 0 Å². The Morgan fingerprint density at radius 2 is 1.95 bits per heavy atom. The molecule has 2 N–H and O–H groups in total. The van der Waals surface area contributed by atoms with E-state index in [0.29, 0.717) is 16.8 Å². The normalized spacial score (nSPS) is 14.8. The number of aromatic nitrogens is 2. The van der Waals surface area contributed by atoms with Crippen LogP contribution in [-0.2, 0) is 0 Å². The number of anilines is 1. The average Bonchev–Trinajstić information content (AvgIpc) is 3.22. The number of hydrogen-bond acceptors (Lipinski definition) is 2. The van der Waals surface area contributed by atoms with Crippen molar-refractivity contribution in [1.29, 1.82) is 0 Å². The van der Waals surface area contributed by atoms with Crippen LogP contribution in [0.4, 0.5) is 5.69 Å². The number of fused-ring (bicyclic) bond motifs is 1. The summed E-state index contributed by atoms with van der Waals surface area (Å²) in [6.07, 6.45) is 2.44. The summed E-state index contributed by atoms with van der Waals surface area (Å²) in [5.41, 5.74) is 9.64. The van der Waals surface area contributed by atoms with Crippen LogP contribution in [0.2, 0.25) is 5.02 Å². The minimum absolute atomic E-state index is 0.564. The molecule has 0 radical (unpaired) electrons. The third-order valence-electron chi connectivity index (χ3n) is 3.77. The number of nitrogen functional groups attached to an aromatic ring is 1. The Kier molecular flexibility index (Phi) is 2.51. The molecule has 1 aromatic heterocycles. The predicted octanol–water partition coefficient (Wildman–Crippen LogP) is 4.27. The minimum Gasteiger partial charge on any atom is -0.398 e. The first-order valence-electron chi connectivity index (χ1n) is 6.76. The Hall–Kier alpha value is -2.00. The molecular weight excluding hydrogens is 270 g/mol. The molecule has 0 bridgehead atoms. The standard InChI is InChI=1S/C16H14ClN3/c17-12-9-10(5-8-13(12)18)16-19-14-3-1-2-4-15(14)20(16)11-6-7-11/h1-5,8-9,11H,6-7,18H2. The fourth-order valence-corrected chi connectivity index (χ4v) is 2.80. The topological polar surface area (TPSA) is 43.8 Å². The van der Waals surface area contributed by atoms with E-state index in [2.05, 4.69) is 22.8 Å². The SMILES string of the molecule is Nc1ccc(-c2nc3ccccc3n2C2CC2)cc1Cl. The lowest BCUT2D eigenvalue weighted by atomic mass is 10.2. The molecule has 1 aliphatic carbocycles. The van der Waals surface area contributed by atoms with Crippen LogP contribution in [0.15, 0.2) is 42.5 Å². The van der Waals surface area contributed by atoms with Gasteiger partial charge in [0.15, 0.2) is 0 Å². The molecule has 2 aromatic carbocycles. The second kappa shape index (κ2) is 4.25. The van der Waals surface area contributed by atoms with Crippen LogP contribution >= 0.6 is 11.6 Å². The monoisotopic (exact) mass is 283 g/mol. The van der Waals surface area contributed by atoms with Crippen molar-refractivity contribution < 1.29 is 0 Å². The molecule has 100 valence electrons. The highest BCUT2D eigenvalue weighted by atomic mass is 35.5. The second-order valence-corrected chi connectivity index (χ2v) is 5.67. The molecule has 4 heteroatoms. The van der Waals surface area contributed by atoms with E-state index in [0.717, 1.165) is 16.9 Å². The summed E-state index contributed by atoms with van der Waals surface area (Å²) in [7, 11) is 0. The van der Waals surface area contributed by atoms with Crippen LogP contribution in [0.3, 0.4) is 0 Å². The zero-order valence-corrected chi connectivity index (χ0v) is 11.6. The van der Waals surface area contributed by atoms with E-state index >= 15 is 0 Å². The third-order valence-corrected chi connectivity index (χ3v) is 4.09. The lowest BCUT2D eigenvalue weighted by Gasteiger charge is -2.08. The largest absolute Gasteiger partial charge is 0.398 e. The number of para-hydroxylation sites is 2. The highest BCUT2D eigenvalue weighted by molar-refractivity contribution is 6.33. The maximum Gasteiger partial charge on any atom is 0.141 e. The van der Waals surface area contributed by atoms with E-state index in [4.69, 9.17) is 22.3 Å². The Labute approximate surface area is 122 Å². The Bertz CT molecular complexity index is 803. The van der Waals surface area contributed by atoms with Gasteiger partial charge in [0.05, 0.1) is 21.7 Å². The smallest absolute Gasteiger partial charge is 0.141 e. The zero-order chi connectivity index (χ0) is 13.7. The van der Waals surface area contributed by atoms with Gasteiger partial charge in [0.25, 0.3) is 0 Å². The number of nitrogens with two attached hydrogens (primary N) is 1. The quantitative estimate of drug-likeness (QED) is 0.714. The Morgan fingerprint density at radius 3 is 2.70 bits per heavy atom. The molecule has 0 amide bonds. The van der Waals surface area contributed by atoms with Crippen LogP contribution in [0.1, 0.15) is 18.9 Å². The summed E-state index contributed by atoms with van der Waals surface area (Å²) in [4.78, 5) is 4.78. The van der Waals surface area contributed by atoms with Crippen LogP contribution in [0.5, 0.6) is 0 Å². The van der Waals surface area contributed by atoms with E-state index < -0.39 is 0 Å². The fraction of sp³-hybridized carbons (Fsp3) is 0.188. The summed E-state index contributed by atoms with van der Waals surface area (Å²) < 4.78 is 2.33. The van der Waals surface area contributed by atoms with Crippen LogP contribution in [-0.4, -0.2) is 9.55 Å². The van der Waals surface area contributed by atoms with Crippen molar-refractivity contribution in [3.8, 4) is 11.4 Å².